The molecule has 0 aliphatic carbocycles. The van der Waals surface area contributed by atoms with Crippen LogP contribution in [-0.2, 0) is 4.74 Å². The van der Waals surface area contributed by atoms with Crippen LogP contribution in [0.25, 0.3) is 0 Å². The molecule has 0 unspecified atom stereocenters. The summed E-state index contributed by atoms with van der Waals surface area (Å²) in [6.45, 7) is 12.4. The predicted octanol–water partition coefficient (Wildman–Crippen LogP) is 2.23. The summed E-state index contributed by atoms with van der Waals surface area (Å²) in [4.78, 5) is 2.40. The molecular weight excluding hydrogens is 200 g/mol. The summed E-state index contributed by atoms with van der Waals surface area (Å²) in [5.74, 6) is 0.799. The maximum absolute atomic E-state index is 5.63. The number of nitrogens with one attached hydrogen (secondary N) is 1. The molecule has 0 spiro atoms. The van der Waals surface area contributed by atoms with Gasteiger partial charge in [-0.3, -0.25) is 0 Å². The molecule has 0 atom stereocenters. The number of nitrogens with zero attached hydrogens (tertiary/aromatic N) is 1. The van der Waals surface area contributed by atoms with E-state index >= 15 is 0 Å². The minimum Gasteiger partial charge on any atom is -0.380 e. The zero-order chi connectivity index (χ0) is 12.2. The van der Waals surface area contributed by atoms with Gasteiger partial charge in [0.15, 0.2) is 0 Å². The van der Waals surface area contributed by atoms with Gasteiger partial charge in [-0.05, 0) is 45.4 Å². The van der Waals surface area contributed by atoms with Crippen molar-refractivity contribution in [2.75, 3.05) is 46.4 Å². The van der Waals surface area contributed by atoms with Crippen molar-refractivity contribution in [2.45, 2.75) is 33.6 Å². The molecule has 0 bridgehead atoms. The summed E-state index contributed by atoms with van der Waals surface area (Å²) in [5.41, 5.74) is 0. The second-order valence-corrected chi connectivity index (χ2v) is 4.18. The standard InChI is InChI=1S/C11H24N2O.C2H6.H2/c1-3-12-6-9-14-10-11-4-7-13(2)8-5-11;1-2;/h11-12H,3-10H2,1-2H3;1-2H3;1H. The highest BCUT2D eigenvalue weighted by molar-refractivity contribution is 4.69. The highest BCUT2D eigenvalue weighted by Gasteiger charge is 2.16. The first-order chi connectivity index (χ1) is 7.83. The fourth-order valence-electron chi connectivity index (χ4n) is 1.80. The predicted molar refractivity (Wildman–Crippen MR) is 73.0 cm³/mol. The SMILES string of the molecule is CC.CCNCCOCC1CCN(C)CC1.[HH]. The minimum absolute atomic E-state index is 0. The first-order valence-electron chi connectivity index (χ1n) is 6.80. The monoisotopic (exact) mass is 232 g/mol. The molecule has 16 heavy (non-hydrogen) atoms. The van der Waals surface area contributed by atoms with Crippen molar-refractivity contribution in [3.8, 4) is 0 Å². The Hall–Kier alpha value is -0.120. The Bertz CT molecular complexity index is 139. The molecule has 0 saturated carbocycles. The van der Waals surface area contributed by atoms with Crippen LogP contribution in [0.4, 0.5) is 0 Å². The van der Waals surface area contributed by atoms with Crippen molar-refractivity contribution in [1.29, 1.82) is 0 Å². The topological polar surface area (TPSA) is 24.5 Å². The van der Waals surface area contributed by atoms with Gasteiger partial charge in [0.05, 0.1) is 6.61 Å². The lowest BCUT2D eigenvalue weighted by molar-refractivity contribution is 0.0739. The van der Waals surface area contributed by atoms with Crippen molar-refractivity contribution in [3.05, 3.63) is 0 Å². The molecule has 3 heteroatoms. The molecule has 1 fully saturated rings. The third-order valence-corrected chi connectivity index (χ3v) is 2.86. The quantitative estimate of drug-likeness (QED) is 0.711. The number of piperidine rings is 1. The Morgan fingerprint density at radius 1 is 1.31 bits per heavy atom. The minimum atomic E-state index is 0. The van der Waals surface area contributed by atoms with Gasteiger partial charge >= 0.3 is 0 Å². The Labute approximate surface area is 103 Å². The molecule has 1 aliphatic rings. The van der Waals surface area contributed by atoms with Gasteiger partial charge in [-0.1, -0.05) is 20.8 Å². The molecule has 0 aromatic rings. The molecule has 1 N–H and O–H groups in total. The zero-order valence-corrected chi connectivity index (χ0v) is 11.6. The summed E-state index contributed by atoms with van der Waals surface area (Å²) in [6, 6.07) is 0. The molecule has 3 nitrogen and oxygen atoms in total. The van der Waals surface area contributed by atoms with Crippen LogP contribution < -0.4 is 5.32 Å². The average Bonchev–Trinajstić information content (AvgIpc) is 2.34. The van der Waals surface area contributed by atoms with Crippen LogP contribution in [0.3, 0.4) is 0 Å². The van der Waals surface area contributed by atoms with E-state index in [-0.39, 0.29) is 1.43 Å². The van der Waals surface area contributed by atoms with E-state index < -0.39 is 0 Å². The van der Waals surface area contributed by atoms with E-state index in [1.54, 1.807) is 0 Å². The van der Waals surface area contributed by atoms with Gasteiger partial charge in [-0.25, -0.2) is 0 Å². The first-order valence-corrected chi connectivity index (χ1v) is 6.80. The fraction of sp³-hybridized carbons (Fsp3) is 1.00. The molecule has 0 radical (unpaired) electrons. The zero-order valence-electron chi connectivity index (χ0n) is 11.6. The summed E-state index contributed by atoms with van der Waals surface area (Å²) < 4.78 is 5.63. The summed E-state index contributed by atoms with van der Waals surface area (Å²) in [7, 11) is 2.20. The van der Waals surface area contributed by atoms with E-state index in [1.165, 1.54) is 25.9 Å². The van der Waals surface area contributed by atoms with Crippen LogP contribution in [0.2, 0.25) is 0 Å². The van der Waals surface area contributed by atoms with E-state index in [4.69, 9.17) is 4.74 Å². The first kappa shape index (κ1) is 15.9. The molecule has 1 heterocycles. The van der Waals surface area contributed by atoms with Gasteiger partial charge in [-0.2, -0.15) is 0 Å². The van der Waals surface area contributed by atoms with E-state index in [9.17, 15) is 0 Å². The lowest BCUT2D eigenvalue weighted by Gasteiger charge is -2.28. The Balaban J connectivity index is 0. The Morgan fingerprint density at radius 3 is 2.50 bits per heavy atom. The van der Waals surface area contributed by atoms with Crippen molar-refractivity contribution in [2.24, 2.45) is 5.92 Å². The van der Waals surface area contributed by atoms with Crippen molar-refractivity contribution in [1.82, 2.24) is 10.2 Å². The third-order valence-electron chi connectivity index (χ3n) is 2.86. The highest BCUT2D eigenvalue weighted by Crippen LogP contribution is 2.15. The van der Waals surface area contributed by atoms with E-state index in [0.717, 1.165) is 32.2 Å². The molecule has 1 rings (SSSR count). The van der Waals surface area contributed by atoms with Gasteiger partial charge < -0.3 is 15.0 Å². The summed E-state index contributed by atoms with van der Waals surface area (Å²) in [6.07, 6.45) is 2.61. The second kappa shape index (κ2) is 11.4. The second-order valence-electron chi connectivity index (χ2n) is 4.18. The number of rotatable bonds is 6. The fourth-order valence-corrected chi connectivity index (χ4v) is 1.80. The number of hydrogen-bond donors (Lipinski definition) is 1. The van der Waals surface area contributed by atoms with Crippen LogP contribution in [0.15, 0.2) is 0 Å². The lowest BCUT2D eigenvalue weighted by Crippen LogP contribution is -2.32. The molecule has 0 aromatic carbocycles. The van der Waals surface area contributed by atoms with E-state index in [2.05, 4.69) is 24.2 Å². The van der Waals surface area contributed by atoms with Gasteiger partial charge in [-0.15, -0.1) is 0 Å². The number of hydrogen-bond acceptors (Lipinski definition) is 3. The van der Waals surface area contributed by atoms with Crippen molar-refractivity contribution in [3.63, 3.8) is 0 Å². The normalized spacial score (nSPS) is 18.0. The van der Waals surface area contributed by atoms with Gasteiger partial charge in [0.25, 0.3) is 0 Å². The van der Waals surface area contributed by atoms with E-state index in [1.807, 2.05) is 13.8 Å². The van der Waals surface area contributed by atoms with Crippen molar-refractivity contribution < 1.29 is 6.16 Å². The van der Waals surface area contributed by atoms with Gasteiger partial charge in [0.1, 0.15) is 0 Å². The average molecular weight is 232 g/mol. The third kappa shape index (κ3) is 8.08. The molecule has 1 saturated heterocycles. The van der Waals surface area contributed by atoms with Crippen LogP contribution in [0.1, 0.15) is 35.0 Å². The number of ether oxygens (including phenoxy) is 1. The van der Waals surface area contributed by atoms with Crippen LogP contribution >= 0.6 is 0 Å². The van der Waals surface area contributed by atoms with Crippen molar-refractivity contribution >= 4 is 0 Å². The molecule has 1 aliphatic heterocycles. The number of likely N-dealkylation sites (N-methyl/N-ethyl adjacent to an activating group) is 1. The summed E-state index contributed by atoms with van der Waals surface area (Å²) >= 11 is 0. The highest BCUT2D eigenvalue weighted by atomic mass is 16.5. The maximum Gasteiger partial charge on any atom is 0.0591 e. The lowest BCUT2D eigenvalue weighted by atomic mass is 9.98. The van der Waals surface area contributed by atoms with Crippen LogP contribution in [-0.4, -0.2) is 51.3 Å². The molecule has 100 valence electrons. The molecule has 0 aromatic heterocycles. The summed E-state index contributed by atoms with van der Waals surface area (Å²) in [5, 5.41) is 3.26. The maximum atomic E-state index is 5.63. The van der Waals surface area contributed by atoms with Gasteiger partial charge in [0, 0.05) is 14.6 Å². The Morgan fingerprint density at radius 2 is 1.94 bits per heavy atom. The molecule has 0 amide bonds. The molecular formula is C13H32N2O. The van der Waals surface area contributed by atoms with Crippen LogP contribution in [0.5, 0.6) is 0 Å². The smallest absolute Gasteiger partial charge is 0.0591 e. The largest absolute Gasteiger partial charge is 0.380 e. The Kier molecular flexibility index (Phi) is 11.3. The van der Waals surface area contributed by atoms with Crippen LogP contribution in [0, 0.1) is 5.92 Å². The van der Waals surface area contributed by atoms with Gasteiger partial charge in [0.2, 0.25) is 0 Å². The number of likely N-dealkylation sites (tertiary alicyclic amines) is 1. The van der Waals surface area contributed by atoms with E-state index in [0.29, 0.717) is 0 Å².